The van der Waals surface area contributed by atoms with Gasteiger partial charge in [0.1, 0.15) is 11.6 Å². The molecule has 2 aromatic carbocycles. The van der Waals surface area contributed by atoms with Gasteiger partial charge >= 0.3 is 0 Å². The summed E-state index contributed by atoms with van der Waals surface area (Å²) in [7, 11) is 0. The molecule has 0 radical (unpaired) electrons. The van der Waals surface area contributed by atoms with Gasteiger partial charge in [-0.05, 0) is 52.7 Å². The molecule has 0 unspecified atom stereocenters. The molecule has 0 heterocycles. The molecule has 104 valence electrons. The molecule has 2 aromatic rings. The number of anilines is 2. The molecule has 20 heavy (non-hydrogen) atoms. The van der Waals surface area contributed by atoms with Crippen LogP contribution in [0.1, 0.15) is 15.9 Å². The summed E-state index contributed by atoms with van der Waals surface area (Å²) >= 11 is 2.87. The molecule has 0 atom stereocenters. The Balaban J connectivity index is 2.30. The highest BCUT2D eigenvalue weighted by Gasteiger charge is 2.13. The van der Waals surface area contributed by atoms with E-state index in [2.05, 4.69) is 21.2 Å². The van der Waals surface area contributed by atoms with E-state index in [1.807, 2.05) is 0 Å². The molecule has 6 heteroatoms. The third kappa shape index (κ3) is 3.14. The van der Waals surface area contributed by atoms with E-state index in [0.717, 1.165) is 17.7 Å². The molecular formula is C14H11BrF2N2O. The second kappa shape index (κ2) is 5.58. The number of halogens is 3. The maximum Gasteiger partial charge on any atom is 0.255 e. The largest absolute Gasteiger partial charge is 0.399 e. The highest BCUT2D eigenvalue weighted by Crippen LogP contribution is 2.24. The lowest BCUT2D eigenvalue weighted by Crippen LogP contribution is -2.14. The van der Waals surface area contributed by atoms with E-state index >= 15 is 0 Å². The third-order valence-corrected chi connectivity index (χ3v) is 3.23. The number of hydrogen-bond acceptors (Lipinski definition) is 2. The predicted octanol–water partition coefficient (Wildman–Crippen LogP) is 3.87. The van der Waals surface area contributed by atoms with Crippen LogP contribution in [0.25, 0.3) is 0 Å². The fourth-order valence-corrected chi connectivity index (χ4v) is 2.07. The molecule has 0 saturated heterocycles. The molecule has 0 aliphatic heterocycles. The Hall–Kier alpha value is -1.95. The van der Waals surface area contributed by atoms with E-state index in [9.17, 15) is 13.6 Å². The average Bonchev–Trinajstić information content (AvgIpc) is 2.34. The van der Waals surface area contributed by atoms with Crippen molar-refractivity contribution in [3.05, 3.63) is 57.6 Å². The highest BCUT2D eigenvalue weighted by atomic mass is 79.9. The topological polar surface area (TPSA) is 55.1 Å². The van der Waals surface area contributed by atoms with Gasteiger partial charge in [0.15, 0.2) is 0 Å². The number of rotatable bonds is 2. The van der Waals surface area contributed by atoms with Crippen molar-refractivity contribution in [2.45, 2.75) is 6.92 Å². The van der Waals surface area contributed by atoms with E-state index in [-0.39, 0.29) is 15.7 Å². The second-order valence-corrected chi connectivity index (χ2v) is 5.19. The van der Waals surface area contributed by atoms with Gasteiger partial charge in [-0.3, -0.25) is 4.79 Å². The molecule has 3 nitrogen and oxygen atoms in total. The Morgan fingerprint density at radius 2 is 1.85 bits per heavy atom. The fourth-order valence-electron chi connectivity index (χ4n) is 1.76. The van der Waals surface area contributed by atoms with Gasteiger partial charge in [-0.2, -0.15) is 0 Å². The summed E-state index contributed by atoms with van der Waals surface area (Å²) in [4.78, 5) is 12.0. The van der Waals surface area contributed by atoms with Crippen molar-refractivity contribution in [2.75, 3.05) is 11.1 Å². The van der Waals surface area contributed by atoms with Gasteiger partial charge in [-0.25, -0.2) is 8.78 Å². The van der Waals surface area contributed by atoms with Crippen molar-refractivity contribution in [1.29, 1.82) is 0 Å². The number of aryl methyl sites for hydroxylation is 1. The Kier molecular flexibility index (Phi) is 4.04. The van der Waals surface area contributed by atoms with Crippen molar-refractivity contribution in [2.24, 2.45) is 0 Å². The van der Waals surface area contributed by atoms with Crippen molar-refractivity contribution >= 4 is 33.2 Å². The first-order valence-electron chi connectivity index (χ1n) is 5.70. The number of nitrogens with two attached hydrogens (primary N) is 1. The van der Waals surface area contributed by atoms with Crippen LogP contribution in [0.4, 0.5) is 20.2 Å². The standard InChI is InChI=1S/C14H11BrF2N2O/c1-7-2-8(4-9(18)3-7)14(20)19-13-6-11(16)10(15)5-12(13)17/h2-6H,18H2,1H3,(H,19,20). The lowest BCUT2D eigenvalue weighted by molar-refractivity contribution is 0.102. The van der Waals surface area contributed by atoms with Crippen molar-refractivity contribution < 1.29 is 13.6 Å². The molecule has 0 fully saturated rings. The fraction of sp³-hybridized carbons (Fsp3) is 0.0714. The zero-order valence-electron chi connectivity index (χ0n) is 10.5. The summed E-state index contributed by atoms with van der Waals surface area (Å²) in [6.45, 7) is 1.78. The van der Waals surface area contributed by atoms with Crippen LogP contribution in [0, 0.1) is 18.6 Å². The molecular weight excluding hydrogens is 330 g/mol. The normalized spacial score (nSPS) is 10.4. The average molecular weight is 341 g/mol. The Bertz CT molecular complexity index is 669. The zero-order chi connectivity index (χ0) is 14.9. The highest BCUT2D eigenvalue weighted by molar-refractivity contribution is 9.10. The first-order chi connectivity index (χ1) is 9.36. The zero-order valence-corrected chi connectivity index (χ0v) is 12.1. The lowest BCUT2D eigenvalue weighted by Gasteiger charge is -2.09. The van der Waals surface area contributed by atoms with Gasteiger partial charge in [0.25, 0.3) is 5.91 Å². The Labute approximate surface area is 122 Å². The third-order valence-electron chi connectivity index (χ3n) is 2.62. The first kappa shape index (κ1) is 14.5. The quantitative estimate of drug-likeness (QED) is 0.644. The van der Waals surface area contributed by atoms with Gasteiger partial charge in [0.2, 0.25) is 0 Å². The molecule has 1 amide bonds. The second-order valence-electron chi connectivity index (χ2n) is 4.33. The first-order valence-corrected chi connectivity index (χ1v) is 6.49. The molecule has 0 spiro atoms. The van der Waals surface area contributed by atoms with Crippen LogP contribution in [0.5, 0.6) is 0 Å². The number of carbonyl (C=O) groups is 1. The molecule has 0 bridgehead atoms. The van der Waals surface area contributed by atoms with Crippen LogP contribution in [0.15, 0.2) is 34.8 Å². The number of amides is 1. The summed E-state index contributed by atoms with van der Waals surface area (Å²) in [5, 5.41) is 2.32. The van der Waals surface area contributed by atoms with Gasteiger partial charge in [0.05, 0.1) is 10.2 Å². The van der Waals surface area contributed by atoms with E-state index in [1.165, 1.54) is 6.07 Å². The van der Waals surface area contributed by atoms with Crippen LogP contribution in [-0.2, 0) is 0 Å². The van der Waals surface area contributed by atoms with Crippen LogP contribution in [0.3, 0.4) is 0 Å². The van der Waals surface area contributed by atoms with Crippen LogP contribution in [-0.4, -0.2) is 5.91 Å². The monoisotopic (exact) mass is 340 g/mol. The van der Waals surface area contributed by atoms with E-state index in [1.54, 1.807) is 19.1 Å². The van der Waals surface area contributed by atoms with E-state index in [0.29, 0.717) is 5.69 Å². The maximum atomic E-state index is 13.6. The minimum Gasteiger partial charge on any atom is -0.399 e. The van der Waals surface area contributed by atoms with Crippen LogP contribution < -0.4 is 11.1 Å². The minimum absolute atomic E-state index is 0.00667. The Morgan fingerprint density at radius 1 is 1.15 bits per heavy atom. The van der Waals surface area contributed by atoms with Gasteiger partial charge < -0.3 is 11.1 Å². The predicted molar refractivity (Wildman–Crippen MR) is 77.6 cm³/mol. The van der Waals surface area contributed by atoms with Gasteiger partial charge in [0, 0.05) is 17.3 Å². The number of nitrogens with one attached hydrogen (secondary N) is 1. The summed E-state index contributed by atoms with van der Waals surface area (Å²) in [5.41, 5.74) is 6.93. The molecule has 3 N–H and O–H groups in total. The minimum atomic E-state index is -0.729. The molecule has 0 aliphatic rings. The molecule has 2 rings (SSSR count). The van der Waals surface area contributed by atoms with Crippen molar-refractivity contribution in [3.8, 4) is 0 Å². The van der Waals surface area contributed by atoms with E-state index in [4.69, 9.17) is 5.73 Å². The molecule has 0 aromatic heterocycles. The lowest BCUT2D eigenvalue weighted by atomic mass is 10.1. The summed E-state index contributed by atoms with van der Waals surface area (Å²) in [5.74, 6) is -1.95. The van der Waals surface area contributed by atoms with Crippen molar-refractivity contribution in [3.63, 3.8) is 0 Å². The van der Waals surface area contributed by atoms with E-state index < -0.39 is 17.5 Å². The number of carbonyl (C=O) groups excluding carboxylic acids is 1. The summed E-state index contributed by atoms with van der Waals surface area (Å²) < 4.78 is 27.0. The Morgan fingerprint density at radius 3 is 2.50 bits per heavy atom. The number of benzene rings is 2. The van der Waals surface area contributed by atoms with Crippen LogP contribution in [0.2, 0.25) is 0 Å². The molecule has 0 aliphatic carbocycles. The number of nitrogen functional groups attached to an aromatic ring is 1. The van der Waals surface area contributed by atoms with Crippen molar-refractivity contribution in [1.82, 2.24) is 0 Å². The SMILES string of the molecule is Cc1cc(N)cc(C(=O)Nc2cc(F)c(Br)cc2F)c1. The number of hydrogen-bond donors (Lipinski definition) is 2. The summed E-state index contributed by atoms with van der Waals surface area (Å²) in [6, 6.07) is 6.65. The van der Waals surface area contributed by atoms with Gasteiger partial charge in [-0.1, -0.05) is 0 Å². The smallest absolute Gasteiger partial charge is 0.255 e. The van der Waals surface area contributed by atoms with Crippen LogP contribution >= 0.6 is 15.9 Å². The van der Waals surface area contributed by atoms with Gasteiger partial charge in [-0.15, -0.1) is 0 Å². The summed E-state index contributed by atoms with van der Waals surface area (Å²) in [6.07, 6.45) is 0. The molecule has 0 saturated carbocycles. The maximum absolute atomic E-state index is 13.6.